The topological polar surface area (TPSA) is 19.0 Å². The fourth-order valence-corrected chi connectivity index (χ4v) is 3.41. The number of nitrogens with one attached hydrogen (secondary N) is 1. The van der Waals surface area contributed by atoms with Gasteiger partial charge in [-0.1, -0.05) is 30.7 Å². The minimum atomic E-state index is 0.785. The second-order valence-corrected chi connectivity index (χ2v) is 6.07. The van der Waals surface area contributed by atoms with Crippen LogP contribution in [0.1, 0.15) is 18.1 Å². The van der Waals surface area contributed by atoms with E-state index in [0.717, 1.165) is 24.7 Å². The molecule has 0 radical (unpaired) electrons. The third-order valence-electron chi connectivity index (χ3n) is 4.44. The van der Waals surface area contributed by atoms with Gasteiger partial charge in [0.05, 0.1) is 5.52 Å². The summed E-state index contributed by atoms with van der Waals surface area (Å²) >= 11 is 6.03. The summed E-state index contributed by atoms with van der Waals surface area (Å²) in [5, 5.41) is 2.07. The third-order valence-corrected chi connectivity index (χ3v) is 4.69. The minimum absolute atomic E-state index is 0.785. The van der Waals surface area contributed by atoms with Gasteiger partial charge in [-0.05, 0) is 53.1 Å². The highest BCUT2D eigenvalue weighted by Crippen LogP contribution is 2.37. The number of hydrogen-bond donors (Lipinski definition) is 1. The number of aromatic nitrogens is 1. The summed E-state index contributed by atoms with van der Waals surface area (Å²) in [6.07, 6.45) is 2.03. The average Bonchev–Trinajstić information content (AvgIpc) is 3.12. The van der Waals surface area contributed by atoms with E-state index in [2.05, 4.69) is 41.1 Å². The Hall–Kier alpha value is -1.77. The highest BCUT2D eigenvalue weighted by Gasteiger charge is 2.24. The van der Waals surface area contributed by atoms with Gasteiger partial charge in [0, 0.05) is 29.7 Å². The Morgan fingerprint density at radius 1 is 1.10 bits per heavy atom. The van der Waals surface area contributed by atoms with Crippen LogP contribution in [0.3, 0.4) is 0 Å². The summed E-state index contributed by atoms with van der Waals surface area (Å²) in [6, 6.07) is 12.6. The first-order valence-electron chi connectivity index (χ1n) is 7.36. The lowest BCUT2D eigenvalue weighted by molar-refractivity contribution is 0.301. The minimum Gasteiger partial charge on any atom is -0.361 e. The molecule has 0 spiro atoms. The van der Waals surface area contributed by atoms with E-state index in [9.17, 15) is 0 Å². The quantitative estimate of drug-likeness (QED) is 0.718. The van der Waals surface area contributed by atoms with Crippen molar-refractivity contribution in [3.8, 4) is 11.1 Å². The first kappa shape index (κ1) is 12.9. The molecule has 106 valence electrons. The molecule has 0 aliphatic carbocycles. The zero-order valence-corrected chi connectivity index (χ0v) is 12.7. The van der Waals surface area contributed by atoms with Crippen LogP contribution in [-0.2, 0) is 13.1 Å². The summed E-state index contributed by atoms with van der Waals surface area (Å²) in [4.78, 5) is 5.88. The first-order chi connectivity index (χ1) is 10.3. The Labute approximate surface area is 129 Å². The number of H-pyrrole nitrogens is 1. The molecule has 0 fully saturated rings. The van der Waals surface area contributed by atoms with Crippen molar-refractivity contribution in [1.82, 2.24) is 9.88 Å². The fourth-order valence-electron chi connectivity index (χ4n) is 3.29. The summed E-state index contributed by atoms with van der Waals surface area (Å²) in [6.45, 7) is 5.36. The van der Waals surface area contributed by atoms with Crippen LogP contribution >= 0.6 is 11.6 Å². The van der Waals surface area contributed by atoms with Gasteiger partial charge >= 0.3 is 0 Å². The van der Waals surface area contributed by atoms with E-state index < -0.39 is 0 Å². The van der Waals surface area contributed by atoms with Gasteiger partial charge in [0.25, 0.3) is 0 Å². The van der Waals surface area contributed by atoms with Crippen molar-refractivity contribution in [2.45, 2.75) is 20.0 Å². The molecule has 3 heteroatoms. The molecule has 1 aliphatic heterocycles. The maximum absolute atomic E-state index is 6.03. The molecule has 0 saturated heterocycles. The molecule has 1 aliphatic rings. The zero-order valence-electron chi connectivity index (χ0n) is 12.0. The van der Waals surface area contributed by atoms with Crippen molar-refractivity contribution < 1.29 is 0 Å². The predicted octanol–water partition coefficient (Wildman–Crippen LogP) is 4.82. The number of fused-ring (bicyclic) bond motifs is 3. The molecule has 0 bridgehead atoms. The van der Waals surface area contributed by atoms with Gasteiger partial charge in [0.1, 0.15) is 0 Å². The van der Waals surface area contributed by atoms with Crippen LogP contribution in [0.2, 0.25) is 5.02 Å². The number of rotatable bonds is 2. The molecule has 2 heterocycles. The van der Waals surface area contributed by atoms with E-state index in [0.29, 0.717) is 0 Å². The monoisotopic (exact) mass is 296 g/mol. The molecule has 2 nitrogen and oxygen atoms in total. The summed E-state index contributed by atoms with van der Waals surface area (Å²) in [5.41, 5.74) is 6.78. The van der Waals surface area contributed by atoms with Crippen LogP contribution in [0.15, 0.2) is 42.6 Å². The van der Waals surface area contributed by atoms with Gasteiger partial charge in [-0.15, -0.1) is 0 Å². The fraction of sp³-hybridized carbons (Fsp3) is 0.222. The number of halogens is 1. The van der Waals surface area contributed by atoms with Gasteiger partial charge in [0.15, 0.2) is 0 Å². The standard InChI is InChI=1S/C18H17ClN2/c1-2-21-10-16-15(12-3-5-14(19)6-4-12)9-13-7-8-20-18(13)17(16)11-21/h3-9,20H,2,10-11H2,1H3. The van der Waals surface area contributed by atoms with E-state index in [1.807, 2.05) is 18.3 Å². The molecule has 0 unspecified atom stereocenters. The maximum Gasteiger partial charge on any atom is 0.0503 e. The Balaban J connectivity index is 1.95. The van der Waals surface area contributed by atoms with Crippen molar-refractivity contribution in [2.75, 3.05) is 6.54 Å². The van der Waals surface area contributed by atoms with Gasteiger partial charge in [0.2, 0.25) is 0 Å². The molecule has 1 aromatic heterocycles. The molecular weight excluding hydrogens is 280 g/mol. The maximum atomic E-state index is 6.03. The summed E-state index contributed by atoms with van der Waals surface area (Å²) in [7, 11) is 0. The number of benzene rings is 2. The average molecular weight is 297 g/mol. The zero-order chi connectivity index (χ0) is 14.4. The largest absolute Gasteiger partial charge is 0.361 e. The lowest BCUT2D eigenvalue weighted by Crippen LogP contribution is -2.14. The van der Waals surface area contributed by atoms with Crippen molar-refractivity contribution >= 4 is 22.5 Å². The van der Waals surface area contributed by atoms with Crippen molar-refractivity contribution in [3.63, 3.8) is 0 Å². The Morgan fingerprint density at radius 3 is 2.62 bits per heavy atom. The lowest BCUT2D eigenvalue weighted by atomic mass is 9.95. The Kier molecular flexibility index (Phi) is 3.02. The summed E-state index contributed by atoms with van der Waals surface area (Å²) in [5.74, 6) is 0. The normalized spacial score (nSPS) is 14.8. The highest BCUT2D eigenvalue weighted by atomic mass is 35.5. The van der Waals surface area contributed by atoms with E-state index in [4.69, 9.17) is 11.6 Å². The van der Waals surface area contributed by atoms with Crippen LogP contribution < -0.4 is 0 Å². The van der Waals surface area contributed by atoms with Crippen LogP contribution in [0.4, 0.5) is 0 Å². The van der Waals surface area contributed by atoms with Crippen LogP contribution in [0, 0.1) is 0 Å². The number of aromatic amines is 1. The molecule has 3 aromatic rings. The summed E-state index contributed by atoms with van der Waals surface area (Å²) < 4.78 is 0. The molecule has 1 N–H and O–H groups in total. The van der Waals surface area contributed by atoms with Crippen molar-refractivity contribution in [3.05, 3.63) is 58.7 Å². The van der Waals surface area contributed by atoms with Gasteiger partial charge in [-0.2, -0.15) is 0 Å². The van der Waals surface area contributed by atoms with E-state index in [1.165, 1.54) is 33.2 Å². The van der Waals surface area contributed by atoms with Crippen molar-refractivity contribution in [2.24, 2.45) is 0 Å². The van der Waals surface area contributed by atoms with Gasteiger partial charge < -0.3 is 4.98 Å². The molecule has 0 amide bonds. The van der Waals surface area contributed by atoms with Crippen molar-refractivity contribution in [1.29, 1.82) is 0 Å². The number of hydrogen-bond acceptors (Lipinski definition) is 1. The first-order valence-corrected chi connectivity index (χ1v) is 7.74. The Morgan fingerprint density at radius 2 is 1.86 bits per heavy atom. The van der Waals surface area contributed by atoms with Crippen LogP contribution in [0.5, 0.6) is 0 Å². The van der Waals surface area contributed by atoms with Crippen LogP contribution in [-0.4, -0.2) is 16.4 Å². The molecule has 4 rings (SSSR count). The van der Waals surface area contributed by atoms with Gasteiger partial charge in [-0.25, -0.2) is 0 Å². The van der Waals surface area contributed by atoms with E-state index >= 15 is 0 Å². The molecule has 2 aromatic carbocycles. The molecule has 21 heavy (non-hydrogen) atoms. The van der Waals surface area contributed by atoms with E-state index in [1.54, 1.807) is 0 Å². The van der Waals surface area contributed by atoms with Crippen LogP contribution in [0.25, 0.3) is 22.0 Å². The smallest absolute Gasteiger partial charge is 0.0503 e. The third kappa shape index (κ3) is 2.06. The van der Waals surface area contributed by atoms with Gasteiger partial charge in [-0.3, -0.25) is 4.90 Å². The molecule has 0 atom stereocenters. The van der Waals surface area contributed by atoms with E-state index in [-0.39, 0.29) is 0 Å². The molecule has 0 saturated carbocycles. The predicted molar refractivity (Wildman–Crippen MR) is 88.5 cm³/mol. The second-order valence-electron chi connectivity index (χ2n) is 5.63. The number of nitrogens with zero attached hydrogens (tertiary/aromatic N) is 1. The second kappa shape index (κ2) is 4.90. The SMILES string of the molecule is CCN1Cc2c(-c3ccc(Cl)cc3)cc3cc[nH]c3c2C1. The Bertz CT molecular complexity index is 802. The lowest BCUT2D eigenvalue weighted by Gasteiger charge is -2.11. The highest BCUT2D eigenvalue weighted by molar-refractivity contribution is 6.30. The molecular formula is C18H17ClN2.